The first-order valence-corrected chi connectivity index (χ1v) is 7.21. The summed E-state index contributed by atoms with van der Waals surface area (Å²) in [6, 6.07) is 17.2. The lowest BCUT2D eigenvalue weighted by Crippen LogP contribution is -2.18. The fourth-order valence-corrected chi connectivity index (χ4v) is 2.18. The summed E-state index contributed by atoms with van der Waals surface area (Å²) in [4.78, 5) is 0. The molecule has 106 valence electrons. The lowest BCUT2D eigenvalue weighted by Gasteiger charge is -2.16. The molecular formula is C18H23NO. The van der Waals surface area contributed by atoms with Crippen LogP contribution < -0.4 is 10.1 Å². The van der Waals surface area contributed by atoms with Crippen LogP contribution in [0.4, 0.5) is 0 Å². The van der Waals surface area contributed by atoms with Crippen molar-refractivity contribution in [1.29, 1.82) is 0 Å². The van der Waals surface area contributed by atoms with E-state index >= 15 is 0 Å². The topological polar surface area (TPSA) is 21.3 Å². The Bertz CT molecular complexity index is 533. The Kier molecular flexibility index (Phi) is 5.19. The van der Waals surface area contributed by atoms with Crippen LogP contribution in [0.5, 0.6) is 5.75 Å². The first kappa shape index (κ1) is 14.6. The average Bonchev–Trinajstić information content (AvgIpc) is 2.47. The van der Waals surface area contributed by atoms with Crippen LogP contribution >= 0.6 is 0 Å². The van der Waals surface area contributed by atoms with E-state index in [9.17, 15) is 0 Å². The Balaban J connectivity index is 1.99. The summed E-state index contributed by atoms with van der Waals surface area (Å²) >= 11 is 0. The maximum Gasteiger partial charge on any atom is 0.123 e. The molecule has 2 nitrogen and oxygen atoms in total. The van der Waals surface area contributed by atoms with Gasteiger partial charge in [-0.05, 0) is 32.4 Å². The number of hydrogen-bond donors (Lipinski definition) is 1. The van der Waals surface area contributed by atoms with E-state index in [1.54, 1.807) is 0 Å². The highest BCUT2D eigenvalue weighted by atomic mass is 16.5. The molecule has 1 N–H and O–H groups in total. The van der Waals surface area contributed by atoms with Crippen LogP contribution in [0.3, 0.4) is 0 Å². The molecule has 0 heterocycles. The van der Waals surface area contributed by atoms with Crippen LogP contribution in [-0.2, 0) is 6.54 Å². The molecule has 2 aromatic rings. The SMILES string of the molecule is CCOc1ccccc1CN[C@@H](C)c1ccc(C)cc1. The van der Waals surface area contributed by atoms with Crippen LogP contribution in [0.15, 0.2) is 48.5 Å². The van der Waals surface area contributed by atoms with Gasteiger partial charge in [0.1, 0.15) is 5.75 Å². The van der Waals surface area contributed by atoms with Gasteiger partial charge in [-0.1, -0.05) is 48.0 Å². The van der Waals surface area contributed by atoms with Gasteiger partial charge in [0.2, 0.25) is 0 Å². The molecular weight excluding hydrogens is 246 g/mol. The number of nitrogens with one attached hydrogen (secondary N) is 1. The molecule has 2 heteroatoms. The van der Waals surface area contributed by atoms with Crippen molar-refractivity contribution in [3.63, 3.8) is 0 Å². The molecule has 0 aliphatic carbocycles. The highest BCUT2D eigenvalue weighted by Gasteiger charge is 2.07. The summed E-state index contributed by atoms with van der Waals surface area (Å²) in [5, 5.41) is 3.55. The van der Waals surface area contributed by atoms with Crippen molar-refractivity contribution in [2.24, 2.45) is 0 Å². The fourth-order valence-electron chi connectivity index (χ4n) is 2.18. The zero-order valence-corrected chi connectivity index (χ0v) is 12.5. The second-order valence-electron chi connectivity index (χ2n) is 5.05. The van der Waals surface area contributed by atoms with Gasteiger partial charge in [0.05, 0.1) is 6.61 Å². The van der Waals surface area contributed by atoms with Gasteiger partial charge < -0.3 is 10.1 Å². The highest BCUT2D eigenvalue weighted by molar-refractivity contribution is 5.33. The van der Waals surface area contributed by atoms with Crippen molar-refractivity contribution in [2.75, 3.05) is 6.61 Å². The zero-order chi connectivity index (χ0) is 14.4. The van der Waals surface area contributed by atoms with Crippen LogP contribution in [0.25, 0.3) is 0 Å². The maximum atomic E-state index is 5.65. The van der Waals surface area contributed by atoms with E-state index in [1.165, 1.54) is 16.7 Å². The Morgan fingerprint density at radius 2 is 1.75 bits per heavy atom. The maximum absolute atomic E-state index is 5.65. The molecule has 0 bridgehead atoms. The summed E-state index contributed by atoms with van der Waals surface area (Å²) < 4.78 is 5.65. The third-order valence-corrected chi connectivity index (χ3v) is 3.45. The quantitative estimate of drug-likeness (QED) is 0.846. The number of para-hydroxylation sites is 1. The third-order valence-electron chi connectivity index (χ3n) is 3.45. The van der Waals surface area contributed by atoms with Crippen molar-refractivity contribution in [3.05, 3.63) is 65.2 Å². The molecule has 0 saturated heterocycles. The van der Waals surface area contributed by atoms with E-state index in [0.717, 1.165) is 12.3 Å². The molecule has 20 heavy (non-hydrogen) atoms. The Hall–Kier alpha value is -1.80. The summed E-state index contributed by atoms with van der Waals surface area (Å²) in [6.45, 7) is 7.82. The highest BCUT2D eigenvalue weighted by Crippen LogP contribution is 2.19. The first-order valence-electron chi connectivity index (χ1n) is 7.21. The van der Waals surface area contributed by atoms with Gasteiger partial charge >= 0.3 is 0 Å². The van der Waals surface area contributed by atoms with E-state index in [-0.39, 0.29) is 0 Å². The monoisotopic (exact) mass is 269 g/mol. The fraction of sp³-hybridized carbons (Fsp3) is 0.333. The standard InChI is InChI=1S/C18H23NO/c1-4-20-18-8-6-5-7-17(18)13-19-15(3)16-11-9-14(2)10-12-16/h5-12,15,19H,4,13H2,1-3H3/t15-/m0/s1. The largest absolute Gasteiger partial charge is 0.494 e. The number of benzene rings is 2. The predicted molar refractivity (Wildman–Crippen MR) is 84.0 cm³/mol. The lowest BCUT2D eigenvalue weighted by atomic mass is 10.1. The zero-order valence-electron chi connectivity index (χ0n) is 12.5. The Labute approximate surface area is 121 Å². The van der Waals surface area contributed by atoms with Gasteiger partial charge in [0.25, 0.3) is 0 Å². The second kappa shape index (κ2) is 7.11. The smallest absolute Gasteiger partial charge is 0.123 e. The van der Waals surface area contributed by atoms with Crippen molar-refractivity contribution in [1.82, 2.24) is 5.32 Å². The summed E-state index contributed by atoms with van der Waals surface area (Å²) in [6.07, 6.45) is 0. The van der Waals surface area contributed by atoms with Gasteiger partial charge in [-0.2, -0.15) is 0 Å². The first-order chi connectivity index (χ1) is 9.70. The normalized spacial score (nSPS) is 12.2. The number of hydrogen-bond acceptors (Lipinski definition) is 2. The molecule has 2 rings (SSSR count). The van der Waals surface area contributed by atoms with Gasteiger partial charge in [0, 0.05) is 18.2 Å². The van der Waals surface area contributed by atoms with E-state index in [4.69, 9.17) is 4.74 Å². The molecule has 1 atom stereocenters. The van der Waals surface area contributed by atoms with Crippen molar-refractivity contribution in [3.8, 4) is 5.75 Å². The van der Waals surface area contributed by atoms with Gasteiger partial charge in [-0.15, -0.1) is 0 Å². The average molecular weight is 269 g/mol. The molecule has 0 unspecified atom stereocenters. The van der Waals surface area contributed by atoms with Crippen LogP contribution in [0.1, 0.15) is 36.6 Å². The molecule has 0 amide bonds. The molecule has 0 radical (unpaired) electrons. The van der Waals surface area contributed by atoms with Crippen LogP contribution in [0.2, 0.25) is 0 Å². The van der Waals surface area contributed by atoms with Crippen molar-refractivity contribution >= 4 is 0 Å². The van der Waals surface area contributed by atoms with Gasteiger partial charge in [0.15, 0.2) is 0 Å². The van der Waals surface area contributed by atoms with Crippen LogP contribution in [0, 0.1) is 6.92 Å². The summed E-state index contributed by atoms with van der Waals surface area (Å²) in [5.41, 5.74) is 3.81. The molecule has 0 spiro atoms. The lowest BCUT2D eigenvalue weighted by molar-refractivity contribution is 0.335. The van der Waals surface area contributed by atoms with E-state index in [1.807, 2.05) is 19.1 Å². The molecule has 0 aliphatic heterocycles. The molecule has 2 aromatic carbocycles. The second-order valence-corrected chi connectivity index (χ2v) is 5.05. The van der Waals surface area contributed by atoms with Gasteiger partial charge in [-0.3, -0.25) is 0 Å². The van der Waals surface area contributed by atoms with E-state index in [0.29, 0.717) is 12.6 Å². The molecule has 0 aliphatic rings. The predicted octanol–water partition coefficient (Wildman–Crippen LogP) is 4.24. The van der Waals surface area contributed by atoms with E-state index < -0.39 is 0 Å². The van der Waals surface area contributed by atoms with Gasteiger partial charge in [-0.25, -0.2) is 0 Å². The minimum absolute atomic E-state index is 0.324. The third kappa shape index (κ3) is 3.84. The minimum atomic E-state index is 0.324. The van der Waals surface area contributed by atoms with Crippen molar-refractivity contribution in [2.45, 2.75) is 33.4 Å². The molecule has 0 fully saturated rings. The number of ether oxygens (including phenoxy) is 1. The van der Waals surface area contributed by atoms with E-state index in [2.05, 4.69) is 55.6 Å². The number of aryl methyl sites for hydroxylation is 1. The molecule has 0 saturated carbocycles. The van der Waals surface area contributed by atoms with Crippen LogP contribution in [-0.4, -0.2) is 6.61 Å². The Morgan fingerprint density at radius 1 is 1.05 bits per heavy atom. The Morgan fingerprint density at radius 3 is 2.45 bits per heavy atom. The minimum Gasteiger partial charge on any atom is -0.494 e. The van der Waals surface area contributed by atoms with Crippen molar-refractivity contribution < 1.29 is 4.74 Å². The summed E-state index contributed by atoms with van der Waals surface area (Å²) in [5.74, 6) is 0.971. The molecule has 0 aromatic heterocycles. The summed E-state index contributed by atoms with van der Waals surface area (Å²) in [7, 11) is 0. The number of rotatable bonds is 6.